The lowest BCUT2D eigenvalue weighted by Crippen LogP contribution is -2.47. The van der Waals surface area contributed by atoms with Crippen LogP contribution in [-0.2, 0) is 6.54 Å². The zero-order chi connectivity index (χ0) is 22.7. The quantitative estimate of drug-likeness (QED) is 0.477. The number of H-pyrrole nitrogens is 1. The third-order valence-electron chi connectivity index (χ3n) is 6.65. The van der Waals surface area contributed by atoms with Gasteiger partial charge in [0.15, 0.2) is 5.11 Å². The number of nitrogens with zero attached hydrogens (tertiary/aromatic N) is 1. The second kappa shape index (κ2) is 9.86. The first kappa shape index (κ1) is 22.5. The maximum absolute atomic E-state index is 13.0. The molecule has 1 aromatic heterocycles. The first-order valence-electron chi connectivity index (χ1n) is 11.7. The van der Waals surface area contributed by atoms with Gasteiger partial charge < -0.3 is 15.2 Å². The number of aromatic nitrogens is 1. The van der Waals surface area contributed by atoms with Gasteiger partial charge in [-0.05, 0) is 74.7 Å². The molecular weight excluding hydrogens is 414 g/mol. The van der Waals surface area contributed by atoms with Crippen LogP contribution >= 0.6 is 12.2 Å². The Morgan fingerprint density at radius 3 is 2.56 bits per heavy atom. The molecule has 1 unspecified atom stereocenters. The van der Waals surface area contributed by atoms with E-state index in [0.717, 1.165) is 40.0 Å². The number of rotatable bonds is 5. The molecule has 3 aromatic rings. The van der Waals surface area contributed by atoms with E-state index in [4.69, 9.17) is 12.2 Å². The Hall–Kier alpha value is -2.66. The van der Waals surface area contributed by atoms with Gasteiger partial charge in [0.25, 0.3) is 5.56 Å². The summed E-state index contributed by atoms with van der Waals surface area (Å²) in [4.78, 5) is 18.4. The Labute approximate surface area is 196 Å². The molecule has 32 heavy (non-hydrogen) atoms. The van der Waals surface area contributed by atoms with Crippen molar-refractivity contribution in [1.82, 2.24) is 15.2 Å². The van der Waals surface area contributed by atoms with E-state index in [0.29, 0.717) is 12.6 Å². The molecular formula is C27H33N3OS. The van der Waals surface area contributed by atoms with Gasteiger partial charge in [0.1, 0.15) is 0 Å². The van der Waals surface area contributed by atoms with Crippen molar-refractivity contribution in [2.45, 2.75) is 71.5 Å². The Bertz CT molecular complexity index is 1150. The molecule has 4 nitrogen and oxygen atoms in total. The summed E-state index contributed by atoms with van der Waals surface area (Å²) in [7, 11) is 0. The first-order chi connectivity index (χ1) is 15.4. The van der Waals surface area contributed by atoms with Crippen LogP contribution < -0.4 is 10.9 Å². The smallest absolute Gasteiger partial charge is 0.253 e. The molecule has 5 heteroatoms. The normalized spacial score (nSPS) is 15.5. The van der Waals surface area contributed by atoms with Crippen molar-refractivity contribution in [3.05, 3.63) is 81.1 Å². The van der Waals surface area contributed by atoms with Crippen molar-refractivity contribution in [2.24, 2.45) is 0 Å². The molecule has 1 atom stereocenters. The molecule has 0 saturated heterocycles. The summed E-state index contributed by atoms with van der Waals surface area (Å²) in [5.74, 6) is 0. The van der Waals surface area contributed by atoms with Gasteiger partial charge in [0, 0.05) is 22.5 Å². The molecule has 2 aromatic carbocycles. The minimum absolute atomic E-state index is 0.0257. The van der Waals surface area contributed by atoms with Gasteiger partial charge in [-0.2, -0.15) is 0 Å². The molecule has 0 spiro atoms. The fourth-order valence-electron chi connectivity index (χ4n) is 4.87. The Morgan fingerprint density at radius 1 is 1.12 bits per heavy atom. The van der Waals surface area contributed by atoms with Gasteiger partial charge in [-0.3, -0.25) is 4.79 Å². The minimum Gasteiger partial charge on any atom is -0.356 e. The van der Waals surface area contributed by atoms with Crippen molar-refractivity contribution in [2.75, 3.05) is 0 Å². The van der Waals surface area contributed by atoms with E-state index in [-0.39, 0.29) is 11.6 Å². The molecule has 0 bridgehead atoms. The number of aromatic amines is 1. The molecule has 1 aliphatic carbocycles. The molecule has 0 amide bonds. The predicted molar refractivity (Wildman–Crippen MR) is 137 cm³/mol. The molecule has 168 valence electrons. The lowest BCUT2D eigenvalue weighted by Gasteiger charge is -2.37. The van der Waals surface area contributed by atoms with Gasteiger partial charge in [-0.15, -0.1) is 0 Å². The van der Waals surface area contributed by atoms with E-state index in [9.17, 15) is 4.79 Å². The Kier molecular flexibility index (Phi) is 6.95. The summed E-state index contributed by atoms with van der Waals surface area (Å²) in [5.41, 5.74) is 5.18. The van der Waals surface area contributed by atoms with Crippen LogP contribution in [0.25, 0.3) is 10.9 Å². The summed E-state index contributed by atoms with van der Waals surface area (Å²) >= 11 is 5.92. The highest BCUT2D eigenvalue weighted by atomic mass is 32.1. The number of hydrogen-bond donors (Lipinski definition) is 2. The van der Waals surface area contributed by atoms with Crippen molar-refractivity contribution in [1.29, 1.82) is 0 Å². The highest BCUT2D eigenvalue weighted by Gasteiger charge is 2.25. The van der Waals surface area contributed by atoms with Gasteiger partial charge >= 0.3 is 0 Å². The van der Waals surface area contributed by atoms with Crippen molar-refractivity contribution < 1.29 is 0 Å². The Morgan fingerprint density at radius 2 is 1.84 bits per heavy atom. The van der Waals surface area contributed by atoms with E-state index < -0.39 is 0 Å². The van der Waals surface area contributed by atoms with Crippen LogP contribution in [0, 0.1) is 13.8 Å². The zero-order valence-corrected chi connectivity index (χ0v) is 20.1. The van der Waals surface area contributed by atoms with Crippen LogP contribution in [0.5, 0.6) is 0 Å². The number of thiocarbonyl (C=S) groups is 1. The van der Waals surface area contributed by atoms with E-state index >= 15 is 0 Å². The highest BCUT2D eigenvalue weighted by Crippen LogP contribution is 2.26. The second-order valence-corrected chi connectivity index (χ2v) is 9.56. The SMILES string of the molecule is Cc1cc(C)c2cc(CN(C(=S)NC(C)c3ccccc3)C3CCCCC3)c(=O)[nH]c2c1. The highest BCUT2D eigenvalue weighted by molar-refractivity contribution is 7.80. The van der Waals surface area contributed by atoms with Gasteiger partial charge in [-0.25, -0.2) is 0 Å². The zero-order valence-electron chi connectivity index (χ0n) is 19.3. The number of pyridine rings is 1. The van der Waals surface area contributed by atoms with Crippen molar-refractivity contribution >= 4 is 28.2 Å². The van der Waals surface area contributed by atoms with Crippen molar-refractivity contribution in [3.8, 4) is 0 Å². The average molecular weight is 448 g/mol. The third kappa shape index (κ3) is 5.04. The van der Waals surface area contributed by atoms with Crippen LogP contribution in [0.2, 0.25) is 0 Å². The fourth-order valence-corrected chi connectivity index (χ4v) is 5.26. The molecule has 4 rings (SSSR count). The number of hydrogen-bond acceptors (Lipinski definition) is 2. The van der Waals surface area contributed by atoms with Crippen LogP contribution in [0.4, 0.5) is 0 Å². The lowest BCUT2D eigenvalue weighted by molar-refractivity contribution is 0.233. The summed E-state index contributed by atoms with van der Waals surface area (Å²) in [6.45, 7) is 6.82. The molecule has 1 heterocycles. The van der Waals surface area contributed by atoms with Gasteiger partial charge in [0.2, 0.25) is 0 Å². The van der Waals surface area contributed by atoms with Gasteiger partial charge in [-0.1, -0.05) is 55.7 Å². The number of nitrogens with one attached hydrogen (secondary N) is 2. The molecule has 1 aliphatic rings. The molecule has 1 fully saturated rings. The van der Waals surface area contributed by atoms with E-state index in [2.05, 4.69) is 60.2 Å². The third-order valence-corrected chi connectivity index (χ3v) is 7.00. The Balaban J connectivity index is 1.63. The van der Waals surface area contributed by atoms with E-state index in [1.54, 1.807) is 0 Å². The second-order valence-electron chi connectivity index (χ2n) is 9.17. The van der Waals surface area contributed by atoms with Crippen LogP contribution in [0.3, 0.4) is 0 Å². The van der Waals surface area contributed by atoms with Crippen LogP contribution in [-0.4, -0.2) is 21.0 Å². The number of benzene rings is 2. The number of aryl methyl sites for hydroxylation is 2. The molecule has 0 radical (unpaired) electrons. The fraction of sp³-hybridized carbons (Fsp3) is 0.407. The van der Waals surface area contributed by atoms with Crippen molar-refractivity contribution in [3.63, 3.8) is 0 Å². The van der Waals surface area contributed by atoms with Crippen LogP contribution in [0.15, 0.2) is 53.3 Å². The van der Waals surface area contributed by atoms with Crippen LogP contribution in [0.1, 0.15) is 67.3 Å². The summed E-state index contributed by atoms with van der Waals surface area (Å²) < 4.78 is 0. The standard InChI is InChI=1S/C27H33N3OS/c1-18-14-19(2)24-16-22(26(31)29-25(24)15-18)17-30(23-12-8-5-9-13-23)27(32)28-20(3)21-10-6-4-7-11-21/h4,6-7,10-11,14-16,20,23H,5,8-9,12-13,17H2,1-3H3,(H,28,32)(H,29,31). The van der Waals surface area contributed by atoms with E-state index in [1.165, 1.54) is 30.4 Å². The van der Waals surface area contributed by atoms with Gasteiger partial charge in [0.05, 0.1) is 12.6 Å². The topological polar surface area (TPSA) is 48.1 Å². The summed E-state index contributed by atoms with van der Waals surface area (Å²) in [6.07, 6.45) is 5.94. The molecule has 2 N–H and O–H groups in total. The predicted octanol–water partition coefficient (Wildman–Crippen LogP) is 5.92. The first-order valence-corrected chi connectivity index (χ1v) is 12.1. The summed E-state index contributed by atoms with van der Waals surface area (Å²) in [5, 5.41) is 5.37. The summed E-state index contributed by atoms with van der Waals surface area (Å²) in [6, 6.07) is 17.1. The number of fused-ring (bicyclic) bond motifs is 1. The average Bonchev–Trinajstić information content (AvgIpc) is 2.78. The monoisotopic (exact) mass is 447 g/mol. The maximum Gasteiger partial charge on any atom is 0.253 e. The largest absolute Gasteiger partial charge is 0.356 e. The minimum atomic E-state index is -0.0257. The van der Waals surface area contributed by atoms with E-state index in [1.807, 2.05) is 24.3 Å². The lowest BCUT2D eigenvalue weighted by atomic mass is 9.94. The molecule has 0 aliphatic heterocycles. The molecule has 1 saturated carbocycles. The maximum atomic E-state index is 13.0.